The lowest BCUT2D eigenvalue weighted by molar-refractivity contribution is 0.359. The molecule has 2 aliphatic carbocycles. The maximum atomic E-state index is 4.78. The van der Waals surface area contributed by atoms with Crippen molar-refractivity contribution in [2.75, 3.05) is 37.4 Å². The fourth-order valence-corrected chi connectivity index (χ4v) is 3.39. The zero-order valence-corrected chi connectivity index (χ0v) is 15.8. The second kappa shape index (κ2) is 7.61. The maximum Gasteiger partial charge on any atom is 0.227 e. The van der Waals surface area contributed by atoms with Crippen LogP contribution in [0.1, 0.15) is 50.1 Å². The minimum Gasteiger partial charge on any atom is -0.338 e. The molecule has 2 aromatic rings. The van der Waals surface area contributed by atoms with Gasteiger partial charge < -0.3 is 15.1 Å². The molecule has 0 unspecified atom stereocenters. The summed E-state index contributed by atoms with van der Waals surface area (Å²) in [6.45, 7) is 2.08. The van der Waals surface area contributed by atoms with E-state index < -0.39 is 0 Å². The third-order valence-electron chi connectivity index (χ3n) is 5.29. The Hall–Kier alpha value is -2.15. The summed E-state index contributed by atoms with van der Waals surface area (Å²) in [5.41, 5.74) is 1.22. The molecule has 0 atom stereocenters. The number of aromatic nitrogens is 4. The van der Waals surface area contributed by atoms with Gasteiger partial charge in [-0.2, -0.15) is 10.1 Å². The van der Waals surface area contributed by atoms with Crippen molar-refractivity contribution in [3.63, 3.8) is 0 Å². The summed E-state index contributed by atoms with van der Waals surface area (Å²) < 4.78 is 0. The molecule has 7 nitrogen and oxygen atoms in total. The first-order valence-corrected chi connectivity index (χ1v) is 9.76. The summed E-state index contributed by atoms with van der Waals surface area (Å²) in [4.78, 5) is 13.9. The van der Waals surface area contributed by atoms with Crippen molar-refractivity contribution >= 4 is 17.6 Å². The fourth-order valence-electron chi connectivity index (χ4n) is 3.39. The molecule has 2 aromatic heterocycles. The number of H-pyrrole nitrogens is 1. The lowest BCUT2D eigenvalue weighted by atomic mass is 9.91. The van der Waals surface area contributed by atoms with Gasteiger partial charge in [0.15, 0.2) is 5.82 Å². The molecule has 26 heavy (non-hydrogen) atoms. The largest absolute Gasteiger partial charge is 0.338 e. The topological polar surface area (TPSA) is 73.0 Å². The highest BCUT2D eigenvalue weighted by Crippen LogP contribution is 2.39. The molecule has 2 aliphatic rings. The van der Waals surface area contributed by atoms with E-state index in [-0.39, 0.29) is 0 Å². The second-order valence-corrected chi connectivity index (χ2v) is 7.78. The minimum absolute atomic E-state index is 0.583. The van der Waals surface area contributed by atoms with Crippen molar-refractivity contribution < 1.29 is 0 Å². The first-order valence-electron chi connectivity index (χ1n) is 9.76. The third-order valence-corrected chi connectivity index (χ3v) is 5.29. The second-order valence-electron chi connectivity index (χ2n) is 7.78. The number of hydrogen-bond donors (Lipinski definition) is 2. The molecule has 2 saturated carbocycles. The molecule has 0 radical (unpaired) electrons. The molecule has 0 aromatic carbocycles. The maximum absolute atomic E-state index is 4.78. The highest BCUT2D eigenvalue weighted by Gasteiger charge is 2.27. The van der Waals surface area contributed by atoms with Crippen LogP contribution >= 0.6 is 0 Å². The van der Waals surface area contributed by atoms with Crippen LogP contribution in [-0.2, 0) is 0 Å². The summed E-state index contributed by atoms with van der Waals surface area (Å²) in [5, 5.41) is 10.8. The number of nitrogens with zero attached hydrogens (tertiary/aromatic N) is 5. The molecule has 7 heteroatoms. The standard InChI is InChI=1S/C19H29N7/c1-25(2)11-4-12-26(15-5-3-6-15)19-20-10-9-17(22-19)21-18-13-16(23-24-18)14-7-8-14/h9-10,13-15H,3-8,11-12H2,1-2H3,(H2,20,21,22,23,24). The van der Waals surface area contributed by atoms with E-state index in [4.69, 9.17) is 4.98 Å². The minimum atomic E-state index is 0.583. The van der Waals surface area contributed by atoms with Crippen LogP contribution in [0.25, 0.3) is 0 Å². The van der Waals surface area contributed by atoms with Crippen molar-refractivity contribution in [1.82, 2.24) is 25.1 Å². The Labute approximate surface area is 155 Å². The Morgan fingerprint density at radius 3 is 2.69 bits per heavy atom. The average molecular weight is 355 g/mol. The Kier molecular flexibility index (Phi) is 5.06. The van der Waals surface area contributed by atoms with Gasteiger partial charge in [-0.25, -0.2) is 4.98 Å². The lowest BCUT2D eigenvalue weighted by Crippen LogP contribution is -2.42. The van der Waals surface area contributed by atoms with Crippen molar-refractivity contribution in [1.29, 1.82) is 0 Å². The van der Waals surface area contributed by atoms with Crippen LogP contribution in [0.2, 0.25) is 0 Å². The van der Waals surface area contributed by atoms with Crippen LogP contribution in [0.5, 0.6) is 0 Å². The summed E-state index contributed by atoms with van der Waals surface area (Å²) in [7, 11) is 4.24. The normalized spacial score (nSPS) is 17.3. The van der Waals surface area contributed by atoms with Gasteiger partial charge in [-0.05, 0) is 65.2 Å². The molecule has 140 valence electrons. The van der Waals surface area contributed by atoms with E-state index in [2.05, 4.69) is 50.5 Å². The fraction of sp³-hybridized carbons (Fsp3) is 0.632. The monoisotopic (exact) mass is 355 g/mol. The van der Waals surface area contributed by atoms with E-state index in [0.717, 1.165) is 37.1 Å². The van der Waals surface area contributed by atoms with Crippen LogP contribution in [-0.4, -0.2) is 58.3 Å². The first kappa shape index (κ1) is 17.3. The highest BCUT2D eigenvalue weighted by atomic mass is 15.3. The quantitative estimate of drug-likeness (QED) is 0.720. The molecule has 0 saturated heterocycles. The van der Waals surface area contributed by atoms with E-state index in [9.17, 15) is 0 Å². The number of nitrogens with one attached hydrogen (secondary N) is 2. The van der Waals surface area contributed by atoms with Gasteiger partial charge in [0.25, 0.3) is 0 Å². The smallest absolute Gasteiger partial charge is 0.227 e. The molecule has 2 N–H and O–H groups in total. The number of hydrogen-bond acceptors (Lipinski definition) is 6. The van der Waals surface area contributed by atoms with Crippen LogP contribution in [0.15, 0.2) is 18.3 Å². The predicted molar refractivity (Wildman–Crippen MR) is 104 cm³/mol. The Bertz CT molecular complexity index is 718. The van der Waals surface area contributed by atoms with E-state index in [1.165, 1.54) is 37.8 Å². The first-order chi connectivity index (χ1) is 12.7. The van der Waals surface area contributed by atoms with Gasteiger partial charge in [-0.1, -0.05) is 0 Å². The van der Waals surface area contributed by atoms with Gasteiger partial charge >= 0.3 is 0 Å². The summed E-state index contributed by atoms with van der Waals surface area (Å²) in [5.74, 6) is 3.14. The van der Waals surface area contributed by atoms with Gasteiger partial charge in [-0.3, -0.25) is 5.10 Å². The molecule has 0 amide bonds. The number of anilines is 3. The SMILES string of the molecule is CN(C)CCCN(c1nccc(Nc2cc(C3CC3)[nH]n2)n1)C1CCC1. The molecule has 0 aliphatic heterocycles. The van der Waals surface area contributed by atoms with Gasteiger partial charge in [0.1, 0.15) is 5.82 Å². The molecule has 4 rings (SSSR count). The van der Waals surface area contributed by atoms with Gasteiger partial charge in [0.05, 0.1) is 0 Å². The molecule has 2 heterocycles. The Morgan fingerprint density at radius 1 is 1.15 bits per heavy atom. The lowest BCUT2D eigenvalue weighted by Gasteiger charge is -2.38. The van der Waals surface area contributed by atoms with Crippen molar-refractivity contribution in [3.05, 3.63) is 24.0 Å². The van der Waals surface area contributed by atoms with E-state index in [0.29, 0.717) is 12.0 Å². The van der Waals surface area contributed by atoms with E-state index in [1.54, 1.807) is 0 Å². The molecule has 2 fully saturated rings. The van der Waals surface area contributed by atoms with Crippen molar-refractivity contribution in [2.24, 2.45) is 0 Å². The molecular weight excluding hydrogens is 326 g/mol. The summed E-state index contributed by atoms with van der Waals surface area (Å²) >= 11 is 0. The van der Waals surface area contributed by atoms with E-state index in [1.807, 2.05) is 12.3 Å². The van der Waals surface area contributed by atoms with Crippen molar-refractivity contribution in [2.45, 2.75) is 50.5 Å². The Balaban J connectivity index is 1.44. The summed E-state index contributed by atoms with van der Waals surface area (Å²) in [6, 6.07) is 4.59. The highest BCUT2D eigenvalue weighted by molar-refractivity contribution is 5.54. The third kappa shape index (κ3) is 4.15. The molecule has 0 spiro atoms. The van der Waals surface area contributed by atoms with E-state index >= 15 is 0 Å². The van der Waals surface area contributed by atoms with Gasteiger partial charge in [0.2, 0.25) is 5.95 Å². The van der Waals surface area contributed by atoms with Crippen LogP contribution < -0.4 is 10.2 Å². The number of rotatable bonds is 9. The summed E-state index contributed by atoms with van der Waals surface area (Å²) in [6.07, 6.45) is 9.29. The zero-order chi connectivity index (χ0) is 17.9. The number of aromatic amines is 1. The molecule has 0 bridgehead atoms. The predicted octanol–water partition coefficient (Wildman–Crippen LogP) is 3.13. The van der Waals surface area contributed by atoms with Gasteiger partial charge in [0, 0.05) is 36.5 Å². The van der Waals surface area contributed by atoms with Crippen molar-refractivity contribution in [3.8, 4) is 0 Å². The van der Waals surface area contributed by atoms with Crippen LogP contribution in [0, 0.1) is 0 Å². The average Bonchev–Trinajstić information content (AvgIpc) is 3.32. The van der Waals surface area contributed by atoms with Crippen LogP contribution in [0.4, 0.5) is 17.6 Å². The Morgan fingerprint density at radius 2 is 2.00 bits per heavy atom. The van der Waals surface area contributed by atoms with Gasteiger partial charge in [-0.15, -0.1) is 0 Å². The van der Waals surface area contributed by atoms with Crippen LogP contribution in [0.3, 0.4) is 0 Å². The zero-order valence-electron chi connectivity index (χ0n) is 15.8. The molecular formula is C19H29N7.